The number of methoxy groups -OCH3 is 2. The maximum Gasteiger partial charge on any atom is 0.264 e. The molecule has 1 unspecified atom stereocenters. The highest BCUT2D eigenvalue weighted by Gasteiger charge is 2.34. The van der Waals surface area contributed by atoms with Gasteiger partial charge in [0.1, 0.15) is 18.4 Å². The SMILES string of the molecule is COc1ccc(S(=O)(=O)N(CC(=O)N(Cc2ccccc2Cl)C(C)C(=O)NC2CCCC2)c2ccc(F)cc2)cc1OC. The first-order chi connectivity index (χ1) is 20.5. The first-order valence-corrected chi connectivity index (χ1v) is 15.7. The molecule has 12 heteroatoms. The van der Waals surface area contributed by atoms with Gasteiger partial charge in [0, 0.05) is 23.7 Å². The number of hydrogen-bond donors (Lipinski definition) is 1. The van der Waals surface area contributed by atoms with Gasteiger partial charge in [-0.25, -0.2) is 12.8 Å². The van der Waals surface area contributed by atoms with Crippen LogP contribution in [0.2, 0.25) is 5.02 Å². The molecule has 0 heterocycles. The van der Waals surface area contributed by atoms with E-state index in [0.717, 1.165) is 42.1 Å². The summed E-state index contributed by atoms with van der Waals surface area (Å²) in [4.78, 5) is 28.5. The van der Waals surface area contributed by atoms with Gasteiger partial charge >= 0.3 is 0 Å². The highest BCUT2D eigenvalue weighted by atomic mass is 35.5. The van der Waals surface area contributed by atoms with Gasteiger partial charge in [-0.05, 0) is 67.8 Å². The fraction of sp³-hybridized carbons (Fsp3) is 0.355. The van der Waals surface area contributed by atoms with Crippen molar-refractivity contribution in [3.8, 4) is 11.5 Å². The van der Waals surface area contributed by atoms with Crippen LogP contribution in [0.4, 0.5) is 10.1 Å². The van der Waals surface area contributed by atoms with Crippen molar-refractivity contribution < 1.29 is 31.9 Å². The fourth-order valence-corrected chi connectivity index (χ4v) is 6.65. The van der Waals surface area contributed by atoms with Crippen molar-refractivity contribution in [3.63, 3.8) is 0 Å². The third kappa shape index (κ3) is 7.58. The second-order valence-corrected chi connectivity index (χ2v) is 12.6. The Morgan fingerprint density at radius 2 is 1.65 bits per heavy atom. The Morgan fingerprint density at radius 3 is 2.28 bits per heavy atom. The summed E-state index contributed by atoms with van der Waals surface area (Å²) in [5.74, 6) is -1.08. The highest BCUT2D eigenvalue weighted by Crippen LogP contribution is 2.32. The number of nitrogens with one attached hydrogen (secondary N) is 1. The predicted molar refractivity (Wildman–Crippen MR) is 162 cm³/mol. The van der Waals surface area contributed by atoms with Crippen molar-refractivity contribution in [2.24, 2.45) is 0 Å². The number of carbonyl (C=O) groups excluding carboxylic acids is 2. The van der Waals surface area contributed by atoms with Crippen molar-refractivity contribution in [2.45, 2.75) is 56.1 Å². The van der Waals surface area contributed by atoms with Crippen LogP contribution >= 0.6 is 11.6 Å². The quantitative estimate of drug-likeness (QED) is 0.296. The average Bonchev–Trinajstić information content (AvgIpc) is 3.52. The van der Waals surface area contributed by atoms with Crippen LogP contribution in [0.1, 0.15) is 38.2 Å². The van der Waals surface area contributed by atoms with Gasteiger partial charge in [0.15, 0.2) is 11.5 Å². The zero-order valence-corrected chi connectivity index (χ0v) is 25.8. The number of amides is 2. The van der Waals surface area contributed by atoms with Crippen molar-refractivity contribution in [1.29, 1.82) is 0 Å². The molecule has 1 aliphatic carbocycles. The third-order valence-electron chi connectivity index (χ3n) is 7.50. The third-order valence-corrected chi connectivity index (χ3v) is 9.64. The number of nitrogens with zero attached hydrogens (tertiary/aromatic N) is 2. The summed E-state index contributed by atoms with van der Waals surface area (Å²) in [7, 11) is -1.60. The summed E-state index contributed by atoms with van der Waals surface area (Å²) in [6.45, 7) is 0.892. The minimum atomic E-state index is -4.40. The van der Waals surface area contributed by atoms with Gasteiger partial charge in [0.05, 0.1) is 24.8 Å². The molecular weight excluding hydrogens is 597 g/mol. The lowest BCUT2D eigenvalue weighted by Crippen LogP contribution is -2.52. The van der Waals surface area contributed by atoms with Gasteiger partial charge in [0.25, 0.3) is 10.0 Å². The molecule has 1 atom stereocenters. The number of ether oxygens (including phenoxy) is 2. The minimum Gasteiger partial charge on any atom is -0.493 e. The molecule has 43 heavy (non-hydrogen) atoms. The van der Waals surface area contributed by atoms with Gasteiger partial charge in [-0.3, -0.25) is 13.9 Å². The molecule has 0 aromatic heterocycles. The maximum absolute atomic E-state index is 14.1. The van der Waals surface area contributed by atoms with Crippen molar-refractivity contribution in [3.05, 3.63) is 83.1 Å². The zero-order valence-electron chi connectivity index (χ0n) is 24.3. The largest absolute Gasteiger partial charge is 0.493 e. The standard InChI is InChI=1S/C31H35ClFN3O6S/c1-21(31(38)34-24-9-5-6-10-24)35(19-22-8-4-7-11-27(22)32)30(37)20-36(25-14-12-23(33)13-15-25)43(39,40)26-16-17-28(41-2)29(18-26)42-3/h4,7-8,11-18,21,24H,5-6,9-10,19-20H2,1-3H3,(H,34,38). The molecular formula is C31H35ClFN3O6S. The molecule has 1 saturated carbocycles. The van der Waals surface area contributed by atoms with Crippen LogP contribution in [0.3, 0.4) is 0 Å². The molecule has 0 bridgehead atoms. The summed E-state index contributed by atoms with van der Waals surface area (Å²) in [6.07, 6.45) is 3.75. The Balaban J connectivity index is 1.72. The molecule has 0 spiro atoms. The number of sulfonamides is 1. The van der Waals surface area contributed by atoms with E-state index in [9.17, 15) is 22.4 Å². The number of anilines is 1. The van der Waals surface area contributed by atoms with Gasteiger partial charge in [-0.2, -0.15) is 0 Å². The number of hydrogen-bond acceptors (Lipinski definition) is 6. The normalized spacial score (nSPS) is 14.2. The summed E-state index contributed by atoms with van der Waals surface area (Å²) in [5, 5.41) is 3.42. The Labute approximate surface area is 256 Å². The van der Waals surface area contributed by atoms with Crippen molar-refractivity contribution in [1.82, 2.24) is 10.2 Å². The molecule has 9 nitrogen and oxygen atoms in total. The molecule has 3 aromatic rings. The van der Waals surface area contributed by atoms with Crippen LogP contribution in [-0.2, 0) is 26.2 Å². The maximum atomic E-state index is 14.1. The molecule has 2 amide bonds. The van der Waals surface area contributed by atoms with Gasteiger partial charge < -0.3 is 19.7 Å². The average molecular weight is 632 g/mol. The molecule has 1 aliphatic rings. The summed E-state index contributed by atoms with van der Waals surface area (Å²) < 4.78 is 53.4. The van der Waals surface area contributed by atoms with E-state index < -0.39 is 34.3 Å². The van der Waals surface area contributed by atoms with Crippen LogP contribution in [0.25, 0.3) is 0 Å². The number of carbonyl (C=O) groups is 2. The lowest BCUT2D eigenvalue weighted by molar-refractivity contribution is -0.139. The van der Waals surface area contributed by atoms with Crippen LogP contribution in [0.15, 0.2) is 71.6 Å². The monoisotopic (exact) mass is 631 g/mol. The molecule has 0 radical (unpaired) electrons. The van der Waals surface area contributed by atoms with E-state index in [-0.39, 0.29) is 34.8 Å². The van der Waals surface area contributed by atoms with Crippen LogP contribution in [0.5, 0.6) is 11.5 Å². The van der Waals surface area contributed by atoms with Gasteiger partial charge in [0.2, 0.25) is 11.8 Å². The Morgan fingerprint density at radius 1 is 1.00 bits per heavy atom. The molecule has 0 aliphatic heterocycles. The number of rotatable bonds is 12. The van der Waals surface area contributed by atoms with Gasteiger partial charge in [-0.1, -0.05) is 42.6 Å². The number of halogens is 2. The molecule has 1 N–H and O–H groups in total. The van der Waals surface area contributed by atoms with Crippen molar-refractivity contribution >= 4 is 39.1 Å². The minimum absolute atomic E-state index is 0.0216. The lowest BCUT2D eigenvalue weighted by atomic mass is 10.1. The summed E-state index contributed by atoms with van der Waals surface area (Å²) in [6, 6.07) is 14.8. The summed E-state index contributed by atoms with van der Waals surface area (Å²) in [5.41, 5.74) is 0.652. The van der Waals surface area contributed by atoms with E-state index in [4.69, 9.17) is 21.1 Å². The fourth-order valence-electron chi connectivity index (χ4n) is 5.03. The van der Waals surface area contributed by atoms with Gasteiger partial charge in [-0.15, -0.1) is 0 Å². The lowest BCUT2D eigenvalue weighted by Gasteiger charge is -2.32. The smallest absolute Gasteiger partial charge is 0.264 e. The zero-order chi connectivity index (χ0) is 31.1. The first kappa shape index (κ1) is 32.1. The Bertz CT molecular complexity index is 1550. The van der Waals surface area contributed by atoms with E-state index in [2.05, 4.69) is 5.32 Å². The van der Waals surface area contributed by atoms with Crippen LogP contribution in [-0.4, -0.2) is 58.0 Å². The molecule has 230 valence electrons. The second kappa shape index (κ2) is 14.1. The Kier molecular flexibility index (Phi) is 10.5. The number of benzene rings is 3. The molecule has 1 fully saturated rings. The van der Waals surface area contributed by atoms with E-state index in [1.807, 2.05) is 0 Å². The van der Waals surface area contributed by atoms with E-state index in [1.165, 1.54) is 49.5 Å². The Hall–Kier alpha value is -3.83. The summed E-state index contributed by atoms with van der Waals surface area (Å²) >= 11 is 6.41. The van der Waals surface area contributed by atoms with Crippen LogP contribution in [0, 0.1) is 5.82 Å². The first-order valence-electron chi connectivity index (χ1n) is 13.9. The molecule has 4 rings (SSSR count). The second-order valence-electron chi connectivity index (χ2n) is 10.3. The molecule has 3 aromatic carbocycles. The highest BCUT2D eigenvalue weighted by molar-refractivity contribution is 7.92. The molecule has 0 saturated heterocycles. The van der Waals surface area contributed by atoms with E-state index in [0.29, 0.717) is 16.3 Å². The van der Waals surface area contributed by atoms with Crippen LogP contribution < -0.4 is 19.1 Å². The van der Waals surface area contributed by atoms with Crippen molar-refractivity contribution in [2.75, 3.05) is 25.1 Å². The van der Waals surface area contributed by atoms with E-state index in [1.54, 1.807) is 31.2 Å². The van der Waals surface area contributed by atoms with E-state index >= 15 is 0 Å². The predicted octanol–water partition coefficient (Wildman–Crippen LogP) is 5.17. The topological polar surface area (TPSA) is 105 Å².